The number of hydrogen-bond acceptors (Lipinski definition) is 9. The summed E-state index contributed by atoms with van der Waals surface area (Å²) >= 11 is 0. The number of benzene rings is 2. The normalized spacial score (nSPS) is 33.4. The first-order chi connectivity index (χ1) is 15.0. The Morgan fingerprint density at radius 2 is 1.68 bits per heavy atom. The minimum absolute atomic E-state index is 0.0252. The monoisotopic (exact) mass is 432 g/mol. The molecule has 0 saturated carbocycles. The Morgan fingerprint density at radius 3 is 2.45 bits per heavy atom. The zero-order valence-electron chi connectivity index (χ0n) is 16.7. The molecule has 3 heterocycles. The van der Waals surface area contributed by atoms with Crippen LogP contribution in [0.1, 0.15) is 23.1 Å². The van der Waals surface area contributed by atoms with Crippen LogP contribution in [0.25, 0.3) is 0 Å². The third-order valence-electron chi connectivity index (χ3n) is 6.05. The molecule has 0 aromatic heterocycles. The fraction of sp³-hybridized carbons (Fsp3) is 0.455. The number of rotatable bonds is 4. The van der Waals surface area contributed by atoms with Gasteiger partial charge >= 0.3 is 0 Å². The Morgan fingerprint density at radius 1 is 0.935 bits per heavy atom. The highest BCUT2D eigenvalue weighted by molar-refractivity contribution is 5.52. The van der Waals surface area contributed by atoms with Gasteiger partial charge in [-0.15, -0.1) is 0 Å². The SMILES string of the molecule is COc1ccc2c(c1)OC[C@@H]1c3ccc(O[C@H]4O[C@@H](CO)[C@H](O)[C@H](O)[C@@H]4O)cc3O[C@H]21. The van der Waals surface area contributed by atoms with E-state index in [2.05, 4.69) is 0 Å². The van der Waals surface area contributed by atoms with Gasteiger partial charge in [-0.05, 0) is 18.2 Å². The quantitative estimate of drug-likeness (QED) is 0.546. The van der Waals surface area contributed by atoms with Crippen LogP contribution >= 0.6 is 0 Å². The third kappa shape index (κ3) is 3.38. The van der Waals surface area contributed by atoms with Crippen molar-refractivity contribution in [2.45, 2.75) is 42.7 Å². The van der Waals surface area contributed by atoms with E-state index in [0.717, 1.165) is 16.9 Å². The summed E-state index contributed by atoms with van der Waals surface area (Å²) in [5.41, 5.74) is 1.91. The molecular formula is C22H24O9. The number of aliphatic hydroxyl groups is 4. The molecule has 166 valence electrons. The molecule has 0 spiro atoms. The first-order valence-electron chi connectivity index (χ1n) is 10.1. The van der Waals surface area contributed by atoms with Crippen LogP contribution in [-0.2, 0) is 4.74 Å². The second kappa shape index (κ2) is 7.85. The van der Waals surface area contributed by atoms with E-state index in [1.807, 2.05) is 24.3 Å². The van der Waals surface area contributed by atoms with Gasteiger partial charge in [-0.3, -0.25) is 0 Å². The highest BCUT2D eigenvalue weighted by atomic mass is 16.7. The summed E-state index contributed by atoms with van der Waals surface area (Å²) in [5, 5.41) is 39.4. The van der Waals surface area contributed by atoms with Crippen molar-refractivity contribution in [2.24, 2.45) is 0 Å². The molecule has 3 aliphatic heterocycles. The molecule has 0 bridgehead atoms. The molecule has 1 fully saturated rings. The predicted molar refractivity (Wildman–Crippen MR) is 105 cm³/mol. The van der Waals surface area contributed by atoms with Gasteiger partial charge in [0.2, 0.25) is 6.29 Å². The molecule has 31 heavy (non-hydrogen) atoms. The van der Waals surface area contributed by atoms with Crippen LogP contribution in [0.2, 0.25) is 0 Å². The summed E-state index contributed by atoms with van der Waals surface area (Å²) in [6.45, 7) is -0.0591. The van der Waals surface area contributed by atoms with Crippen LogP contribution in [-0.4, -0.2) is 71.5 Å². The molecule has 7 atom stereocenters. The van der Waals surface area contributed by atoms with Crippen LogP contribution in [0.4, 0.5) is 0 Å². The molecule has 2 aromatic rings. The number of aliphatic hydroxyl groups excluding tert-OH is 4. The van der Waals surface area contributed by atoms with Gasteiger partial charge in [0.05, 0.1) is 26.2 Å². The Bertz CT molecular complexity index is 962. The second-order valence-corrected chi connectivity index (χ2v) is 7.87. The lowest BCUT2D eigenvalue weighted by atomic mass is 9.89. The summed E-state index contributed by atoms with van der Waals surface area (Å²) in [5.74, 6) is 2.45. The Labute approximate surface area is 178 Å². The molecule has 1 saturated heterocycles. The molecular weight excluding hydrogens is 408 g/mol. The third-order valence-corrected chi connectivity index (χ3v) is 6.05. The van der Waals surface area contributed by atoms with Crippen molar-refractivity contribution in [1.82, 2.24) is 0 Å². The molecule has 4 N–H and O–H groups in total. The van der Waals surface area contributed by atoms with Gasteiger partial charge in [0.25, 0.3) is 0 Å². The summed E-state index contributed by atoms with van der Waals surface area (Å²) in [6.07, 6.45) is -6.92. The van der Waals surface area contributed by atoms with E-state index in [1.54, 1.807) is 19.2 Å². The summed E-state index contributed by atoms with van der Waals surface area (Å²) in [4.78, 5) is 0. The predicted octanol–water partition coefficient (Wildman–Crippen LogP) is 0.484. The summed E-state index contributed by atoms with van der Waals surface area (Å²) in [6, 6.07) is 10.9. The van der Waals surface area contributed by atoms with Gasteiger partial charge in [0, 0.05) is 23.3 Å². The van der Waals surface area contributed by atoms with E-state index in [-0.39, 0.29) is 12.0 Å². The molecule has 9 heteroatoms. The summed E-state index contributed by atoms with van der Waals surface area (Å²) < 4.78 is 28.5. The average molecular weight is 432 g/mol. The van der Waals surface area contributed by atoms with Crippen molar-refractivity contribution in [1.29, 1.82) is 0 Å². The average Bonchev–Trinajstić information content (AvgIpc) is 3.17. The van der Waals surface area contributed by atoms with E-state index < -0.39 is 37.3 Å². The van der Waals surface area contributed by atoms with Crippen molar-refractivity contribution in [2.75, 3.05) is 20.3 Å². The van der Waals surface area contributed by atoms with Crippen LogP contribution in [0.3, 0.4) is 0 Å². The molecule has 5 rings (SSSR count). The van der Waals surface area contributed by atoms with Crippen LogP contribution < -0.4 is 18.9 Å². The number of ether oxygens (including phenoxy) is 5. The van der Waals surface area contributed by atoms with E-state index in [0.29, 0.717) is 23.9 Å². The first kappa shape index (κ1) is 20.3. The van der Waals surface area contributed by atoms with Gasteiger partial charge in [-0.25, -0.2) is 0 Å². The van der Waals surface area contributed by atoms with Crippen LogP contribution in [0.15, 0.2) is 36.4 Å². The molecule has 0 unspecified atom stereocenters. The van der Waals surface area contributed by atoms with Gasteiger partial charge < -0.3 is 44.1 Å². The first-order valence-corrected chi connectivity index (χ1v) is 10.1. The maximum absolute atomic E-state index is 10.2. The van der Waals surface area contributed by atoms with Gasteiger partial charge in [-0.2, -0.15) is 0 Å². The lowest BCUT2D eigenvalue weighted by molar-refractivity contribution is -0.277. The van der Waals surface area contributed by atoms with E-state index in [9.17, 15) is 20.4 Å². The highest BCUT2D eigenvalue weighted by Crippen LogP contribution is 2.52. The zero-order valence-corrected chi connectivity index (χ0v) is 16.7. The van der Waals surface area contributed by atoms with Crippen LogP contribution in [0, 0.1) is 0 Å². The van der Waals surface area contributed by atoms with Crippen molar-refractivity contribution in [3.8, 4) is 23.0 Å². The molecule has 0 amide bonds. The number of methoxy groups -OCH3 is 1. The van der Waals surface area contributed by atoms with Gasteiger partial charge in [-0.1, -0.05) is 6.07 Å². The number of hydrogen-bond donors (Lipinski definition) is 4. The molecule has 3 aliphatic rings. The lowest BCUT2D eigenvalue weighted by Crippen LogP contribution is -2.60. The Kier molecular flexibility index (Phi) is 5.15. The van der Waals surface area contributed by atoms with E-state index >= 15 is 0 Å². The second-order valence-electron chi connectivity index (χ2n) is 7.87. The fourth-order valence-corrected chi connectivity index (χ4v) is 4.32. The maximum Gasteiger partial charge on any atom is 0.229 e. The molecule has 2 aromatic carbocycles. The maximum atomic E-state index is 10.2. The van der Waals surface area contributed by atoms with Crippen molar-refractivity contribution in [3.05, 3.63) is 47.5 Å². The molecule has 9 nitrogen and oxygen atoms in total. The van der Waals surface area contributed by atoms with Crippen molar-refractivity contribution >= 4 is 0 Å². The smallest absolute Gasteiger partial charge is 0.229 e. The van der Waals surface area contributed by atoms with Crippen molar-refractivity contribution < 1.29 is 44.1 Å². The minimum atomic E-state index is -1.50. The molecule has 0 aliphatic carbocycles. The highest BCUT2D eigenvalue weighted by Gasteiger charge is 2.45. The Hall–Kier alpha value is -2.56. The zero-order chi connectivity index (χ0) is 21.7. The fourth-order valence-electron chi connectivity index (χ4n) is 4.32. The van der Waals surface area contributed by atoms with Crippen molar-refractivity contribution in [3.63, 3.8) is 0 Å². The molecule has 0 radical (unpaired) electrons. The topological polar surface area (TPSA) is 127 Å². The van der Waals surface area contributed by atoms with Gasteiger partial charge in [0.1, 0.15) is 53.5 Å². The lowest BCUT2D eigenvalue weighted by Gasteiger charge is -2.39. The van der Waals surface area contributed by atoms with E-state index in [1.165, 1.54) is 0 Å². The largest absolute Gasteiger partial charge is 0.497 e. The number of fused-ring (bicyclic) bond motifs is 5. The minimum Gasteiger partial charge on any atom is -0.497 e. The Balaban J connectivity index is 1.36. The van der Waals surface area contributed by atoms with E-state index in [4.69, 9.17) is 23.7 Å². The summed E-state index contributed by atoms with van der Waals surface area (Å²) in [7, 11) is 1.60. The standard InChI is InChI=1S/C22H24O9/c1-27-10-2-5-13-15(6-10)28-9-14-12-4-3-11(7-16(12)30-21(13)14)29-22-20(26)19(25)18(24)17(8-23)31-22/h2-7,14,17-26H,8-9H2,1H3/t14-,17+,18+,19+,20+,21-,22+/m1/s1. The van der Waals surface area contributed by atoms with Crippen LogP contribution in [0.5, 0.6) is 23.0 Å². The van der Waals surface area contributed by atoms with Gasteiger partial charge in [0.15, 0.2) is 0 Å².